The molecule has 0 saturated carbocycles. The van der Waals surface area contributed by atoms with E-state index in [0.29, 0.717) is 5.82 Å². The van der Waals surface area contributed by atoms with Crippen molar-refractivity contribution in [3.8, 4) is 0 Å². The normalized spacial score (nSPS) is 21.0. The topological polar surface area (TPSA) is 50.9 Å². The molecule has 1 aliphatic heterocycles. The van der Waals surface area contributed by atoms with Gasteiger partial charge in [0.15, 0.2) is 0 Å². The number of nitrogens with one attached hydrogen (secondary N) is 1. The average Bonchev–Trinajstić information content (AvgIpc) is 2.67. The molecular formula is C10H15N3S. The first-order valence-corrected chi connectivity index (χ1v) is 5.96. The second kappa shape index (κ2) is 4.55. The molecule has 1 unspecified atom stereocenters. The Hall–Kier alpha value is -0.900. The molecule has 0 aliphatic carbocycles. The molecule has 0 aromatic carbocycles. The summed E-state index contributed by atoms with van der Waals surface area (Å²) >= 11 is 2.06. The van der Waals surface area contributed by atoms with Crippen molar-refractivity contribution in [2.24, 2.45) is 0 Å². The largest absolute Gasteiger partial charge is 0.384 e. The van der Waals surface area contributed by atoms with Crippen LogP contribution in [-0.4, -0.2) is 22.5 Å². The highest BCUT2D eigenvalue weighted by molar-refractivity contribution is 8.00. The highest BCUT2D eigenvalue weighted by Gasteiger charge is 2.14. The van der Waals surface area contributed by atoms with Gasteiger partial charge in [0.25, 0.3) is 0 Å². The maximum Gasteiger partial charge on any atom is 0.125 e. The predicted octanol–water partition coefficient (Wildman–Crippen LogP) is 1.97. The summed E-state index contributed by atoms with van der Waals surface area (Å²) in [4.78, 5) is 3.95. The molecule has 4 heteroatoms. The molecule has 1 aromatic rings. The van der Waals surface area contributed by atoms with Gasteiger partial charge in [0.1, 0.15) is 5.82 Å². The van der Waals surface area contributed by atoms with Crippen molar-refractivity contribution in [1.82, 2.24) is 4.98 Å². The van der Waals surface area contributed by atoms with Gasteiger partial charge < -0.3 is 11.1 Å². The summed E-state index contributed by atoms with van der Waals surface area (Å²) in [6.07, 6.45) is 4.42. The number of nitrogen functional groups attached to an aromatic ring is 1. The van der Waals surface area contributed by atoms with E-state index in [4.69, 9.17) is 5.73 Å². The van der Waals surface area contributed by atoms with Gasteiger partial charge in [0.2, 0.25) is 0 Å². The van der Waals surface area contributed by atoms with E-state index in [1.54, 1.807) is 6.20 Å². The van der Waals surface area contributed by atoms with E-state index in [9.17, 15) is 0 Å². The average molecular weight is 209 g/mol. The van der Waals surface area contributed by atoms with E-state index in [-0.39, 0.29) is 0 Å². The van der Waals surface area contributed by atoms with E-state index in [0.717, 1.165) is 17.5 Å². The summed E-state index contributed by atoms with van der Waals surface area (Å²) in [5, 5.41) is 4.15. The minimum Gasteiger partial charge on any atom is -0.384 e. The smallest absolute Gasteiger partial charge is 0.125 e. The molecule has 0 amide bonds. The van der Waals surface area contributed by atoms with E-state index < -0.39 is 0 Å². The van der Waals surface area contributed by atoms with Gasteiger partial charge in [-0.05, 0) is 24.7 Å². The van der Waals surface area contributed by atoms with Gasteiger partial charge >= 0.3 is 0 Å². The lowest BCUT2D eigenvalue weighted by molar-refractivity contribution is 0.805. The van der Waals surface area contributed by atoms with Gasteiger partial charge in [-0.15, -0.1) is 0 Å². The van der Waals surface area contributed by atoms with Gasteiger partial charge in [-0.2, -0.15) is 11.8 Å². The van der Waals surface area contributed by atoms with Gasteiger partial charge in [-0.25, -0.2) is 4.98 Å². The molecule has 1 aromatic heterocycles. The molecular weight excluding hydrogens is 194 g/mol. The van der Waals surface area contributed by atoms with Crippen LogP contribution in [0.2, 0.25) is 0 Å². The lowest BCUT2D eigenvalue weighted by atomic mass is 10.2. The Morgan fingerprint density at radius 1 is 1.64 bits per heavy atom. The van der Waals surface area contributed by atoms with Crippen LogP contribution in [0.4, 0.5) is 11.5 Å². The van der Waals surface area contributed by atoms with Crippen LogP contribution in [0.3, 0.4) is 0 Å². The number of pyridine rings is 1. The Morgan fingerprint density at radius 2 is 2.57 bits per heavy atom. The van der Waals surface area contributed by atoms with Gasteiger partial charge in [0.05, 0.1) is 0 Å². The zero-order chi connectivity index (χ0) is 9.80. The summed E-state index contributed by atoms with van der Waals surface area (Å²) in [6, 6.07) is 3.83. The van der Waals surface area contributed by atoms with E-state index in [2.05, 4.69) is 22.1 Å². The van der Waals surface area contributed by atoms with Crippen LogP contribution >= 0.6 is 11.8 Å². The molecule has 0 bridgehead atoms. The van der Waals surface area contributed by atoms with Gasteiger partial charge in [-0.3, -0.25) is 0 Å². The first-order chi connectivity index (χ1) is 6.84. The van der Waals surface area contributed by atoms with Crippen LogP contribution in [0.25, 0.3) is 0 Å². The monoisotopic (exact) mass is 209 g/mol. The van der Waals surface area contributed by atoms with E-state index >= 15 is 0 Å². The van der Waals surface area contributed by atoms with Crippen molar-refractivity contribution in [2.45, 2.75) is 18.1 Å². The maximum atomic E-state index is 5.59. The van der Waals surface area contributed by atoms with Crippen LogP contribution in [0.1, 0.15) is 12.8 Å². The third-order valence-corrected chi connectivity index (χ3v) is 3.74. The molecule has 1 aliphatic rings. The summed E-state index contributed by atoms with van der Waals surface area (Å²) in [5.41, 5.74) is 6.66. The lowest BCUT2D eigenvalue weighted by Gasteiger charge is -2.11. The third kappa shape index (κ3) is 2.54. The van der Waals surface area contributed by atoms with E-state index in [1.165, 1.54) is 18.6 Å². The number of hydrogen-bond acceptors (Lipinski definition) is 4. The SMILES string of the molecule is Nc1cc(NCC2CCCS2)ccn1. The molecule has 0 radical (unpaired) electrons. The number of hydrogen-bond donors (Lipinski definition) is 2. The van der Waals surface area contributed by atoms with Crippen LogP contribution in [-0.2, 0) is 0 Å². The Morgan fingerprint density at radius 3 is 3.29 bits per heavy atom. The highest BCUT2D eigenvalue weighted by Crippen LogP contribution is 2.26. The minimum atomic E-state index is 0.578. The van der Waals surface area contributed by atoms with Crippen molar-refractivity contribution in [3.63, 3.8) is 0 Å². The lowest BCUT2D eigenvalue weighted by Crippen LogP contribution is -2.13. The third-order valence-electron chi connectivity index (χ3n) is 2.34. The van der Waals surface area contributed by atoms with Crippen molar-refractivity contribution in [1.29, 1.82) is 0 Å². The molecule has 2 heterocycles. The van der Waals surface area contributed by atoms with Crippen LogP contribution in [0, 0.1) is 0 Å². The molecule has 2 rings (SSSR count). The van der Waals surface area contributed by atoms with Gasteiger partial charge in [-0.1, -0.05) is 0 Å². The zero-order valence-corrected chi connectivity index (χ0v) is 8.89. The van der Waals surface area contributed by atoms with Crippen molar-refractivity contribution >= 4 is 23.3 Å². The molecule has 76 valence electrons. The number of nitrogens with two attached hydrogens (primary N) is 1. The quantitative estimate of drug-likeness (QED) is 0.799. The van der Waals surface area contributed by atoms with Crippen LogP contribution in [0.15, 0.2) is 18.3 Å². The zero-order valence-electron chi connectivity index (χ0n) is 8.07. The first kappa shape index (κ1) is 9.65. The molecule has 3 N–H and O–H groups in total. The number of rotatable bonds is 3. The second-order valence-electron chi connectivity index (χ2n) is 3.49. The Bertz CT molecular complexity index is 297. The fraction of sp³-hybridized carbons (Fsp3) is 0.500. The maximum absolute atomic E-state index is 5.59. The van der Waals surface area contributed by atoms with Gasteiger partial charge in [0, 0.05) is 29.7 Å². The molecule has 3 nitrogen and oxygen atoms in total. The van der Waals surface area contributed by atoms with Crippen molar-refractivity contribution in [2.75, 3.05) is 23.3 Å². The predicted molar refractivity (Wildman–Crippen MR) is 62.6 cm³/mol. The standard InChI is InChI=1S/C10H15N3S/c11-10-6-8(3-4-12-10)13-7-9-2-1-5-14-9/h3-4,6,9H,1-2,5,7H2,(H3,11,12,13). The highest BCUT2D eigenvalue weighted by atomic mass is 32.2. The fourth-order valence-corrected chi connectivity index (χ4v) is 2.80. The Kier molecular flexibility index (Phi) is 3.14. The summed E-state index contributed by atoms with van der Waals surface area (Å²) in [6.45, 7) is 1.04. The summed E-state index contributed by atoms with van der Waals surface area (Å²) < 4.78 is 0. The van der Waals surface area contributed by atoms with Crippen LogP contribution < -0.4 is 11.1 Å². The summed E-state index contributed by atoms with van der Waals surface area (Å²) in [7, 11) is 0. The molecule has 1 saturated heterocycles. The molecule has 0 spiro atoms. The summed E-state index contributed by atoms with van der Waals surface area (Å²) in [5.74, 6) is 1.89. The Balaban J connectivity index is 1.85. The molecule has 14 heavy (non-hydrogen) atoms. The molecule has 1 atom stereocenters. The van der Waals surface area contributed by atoms with Crippen molar-refractivity contribution < 1.29 is 0 Å². The molecule has 1 fully saturated rings. The van der Waals surface area contributed by atoms with Crippen LogP contribution in [0.5, 0.6) is 0 Å². The fourth-order valence-electron chi connectivity index (χ4n) is 1.60. The van der Waals surface area contributed by atoms with Crippen molar-refractivity contribution in [3.05, 3.63) is 18.3 Å². The van der Waals surface area contributed by atoms with E-state index in [1.807, 2.05) is 12.1 Å². The second-order valence-corrected chi connectivity index (χ2v) is 4.89. The number of nitrogens with zero attached hydrogens (tertiary/aromatic N) is 1. The minimum absolute atomic E-state index is 0.578. The first-order valence-electron chi connectivity index (χ1n) is 4.91. The Labute approximate surface area is 88.5 Å². The number of anilines is 2. The number of thioether (sulfide) groups is 1. The number of aromatic nitrogens is 1.